The van der Waals surface area contributed by atoms with Gasteiger partial charge in [0.15, 0.2) is 0 Å². The molecule has 1 N–H and O–H groups in total. The van der Waals surface area contributed by atoms with Crippen molar-refractivity contribution in [1.82, 2.24) is 10.2 Å². The van der Waals surface area contributed by atoms with E-state index in [0.717, 1.165) is 0 Å². The Balaban J connectivity index is 2.24. The van der Waals surface area contributed by atoms with E-state index in [1.54, 1.807) is 25.1 Å². The standard InChI is InChI=1S/C12H12Cl2N2O2/c1-7-12(18)16(10(17)5-15-7)6-8-3-2-4-9(13)11(8)14/h2-4,7,15H,5-6H2,1H3. The first kappa shape index (κ1) is 13.3. The molecule has 18 heavy (non-hydrogen) atoms. The molecule has 0 aliphatic carbocycles. The average molecular weight is 287 g/mol. The summed E-state index contributed by atoms with van der Waals surface area (Å²) in [6.45, 7) is 2.04. The normalized spacial score (nSPS) is 20.4. The molecule has 0 spiro atoms. The van der Waals surface area contributed by atoms with Crippen LogP contribution in [0.2, 0.25) is 10.0 Å². The second kappa shape index (κ2) is 5.26. The Labute approximate surface area is 115 Å². The molecule has 0 radical (unpaired) electrons. The van der Waals surface area contributed by atoms with Crippen LogP contribution in [0.15, 0.2) is 18.2 Å². The summed E-state index contributed by atoms with van der Waals surface area (Å²) >= 11 is 11.9. The Kier molecular flexibility index (Phi) is 3.90. The molecule has 1 saturated heterocycles. The molecule has 1 aromatic rings. The number of hydrogen-bond donors (Lipinski definition) is 1. The molecule has 1 aliphatic rings. The number of carbonyl (C=O) groups is 2. The Bertz CT molecular complexity index is 505. The predicted octanol–water partition coefficient (Wildman–Crippen LogP) is 1.84. The molecule has 0 aromatic heterocycles. The number of nitrogens with one attached hydrogen (secondary N) is 1. The zero-order chi connectivity index (χ0) is 13.3. The van der Waals surface area contributed by atoms with E-state index in [2.05, 4.69) is 5.32 Å². The van der Waals surface area contributed by atoms with Crippen LogP contribution < -0.4 is 5.32 Å². The largest absolute Gasteiger partial charge is 0.298 e. The average Bonchev–Trinajstić information content (AvgIpc) is 2.35. The van der Waals surface area contributed by atoms with E-state index in [4.69, 9.17) is 23.2 Å². The summed E-state index contributed by atoms with van der Waals surface area (Å²) < 4.78 is 0. The molecule has 96 valence electrons. The van der Waals surface area contributed by atoms with E-state index >= 15 is 0 Å². The SMILES string of the molecule is CC1NCC(=O)N(Cc2cccc(Cl)c2Cl)C1=O. The molecule has 2 amide bonds. The molecule has 1 unspecified atom stereocenters. The fourth-order valence-electron chi connectivity index (χ4n) is 1.79. The lowest BCUT2D eigenvalue weighted by Gasteiger charge is -2.30. The van der Waals surface area contributed by atoms with Gasteiger partial charge in [-0.1, -0.05) is 35.3 Å². The lowest BCUT2D eigenvalue weighted by molar-refractivity contribution is -0.149. The molecule has 1 aromatic carbocycles. The van der Waals surface area contributed by atoms with Crippen molar-refractivity contribution in [2.75, 3.05) is 6.54 Å². The topological polar surface area (TPSA) is 49.4 Å². The first-order chi connectivity index (χ1) is 8.50. The zero-order valence-corrected chi connectivity index (χ0v) is 11.3. The summed E-state index contributed by atoms with van der Waals surface area (Å²) in [7, 11) is 0. The maximum atomic E-state index is 11.9. The van der Waals surface area contributed by atoms with Gasteiger partial charge >= 0.3 is 0 Å². The van der Waals surface area contributed by atoms with Gasteiger partial charge < -0.3 is 0 Å². The van der Waals surface area contributed by atoms with Gasteiger partial charge in [0.1, 0.15) is 0 Å². The highest BCUT2D eigenvalue weighted by molar-refractivity contribution is 6.42. The van der Waals surface area contributed by atoms with E-state index in [1.807, 2.05) is 0 Å². The third kappa shape index (κ3) is 2.51. The van der Waals surface area contributed by atoms with Gasteiger partial charge in [-0.3, -0.25) is 19.8 Å². The molecular formula is C12H12Cl2N2O2. The van der Waals surface area contributed by atoms with Crippen molar-refractivity contribution in [2.24, 2.45) is 0 Å². The van der Waals surface area contributed by atoms with E-state index < -0.39 is 0 Å². The molecule has 0 bridgehead atoms. The number of halogens is 2. The summed E-state index contributed by atoms with van der Waals surface area (Å²) in [5.41, 5.74) is 0.667. The summed E-state index contributed by atoms with van der Waals surface area (Å²) in [6, 6.07) is 4.80. The van der Waals surface area contributed by atoms with Crippen molar-refractivity contribution in [3.05, 3.63) is 33.8 Å². The van der Waals surface area contributed by atoms with Gasteiger partial charge in [-0.15, -0.1) is 0 Å². The van der Waals surface area contributed by atoms with Crippen LogP contribution in [-0.2, 0) is 16.1 Å². The Morgan fingerprint density at radius 2 is 2.11 bits per heavy atom. The predicted molar refractivity (Wildman–Crippen MR) is 69.5 cm³/mol. The quantitative estimate of drug-likeness (QED) is 0.844. The molecule has 0 saturated carbocycles. The van der Waals surface area contributed by atoms with Gasteiger partial charge in [0.25, 0.3) is 0 Å². The maximum Gasteiger partial charge on any atom is 0.246 e. The Morgan fingerprint density at radius 3 is 2.83 bits per heavy atom. The number of imide groups is 1. The highest BCUT2D eigenvalue weighted by Gasteiger charge is 2.31. The van der Waals surface area contributed by atoms with Crippen molar-refractivity contribution in [3.63, 3.8) is 0 Å². The molecule has 1 heterocycles. The second-order valence-corrected chi connectivity index (χ2v) is 4.92. The van der Waals surface area contributed by atoms with Gasteiger partial charge in [-0.25, -0.2) is 0 Å². The fraction of sp³-hybridized carbons (Fsp3) is 0.333. The second-order valence-electron chi connectivity index (χ2n) is 4.13. The summed E-state index contributed by atoms with van der Waals surface area (Å²) in [5, 5.41) is 3.62. The minimum Gasteiger partial charge on any atom is -0.298 e. The molecule has 1 fully saturated rings. The summed E-state index contributed by atoms with van der Waals surface area (Å²) in [5.74, 6) is -0.503. The van der Waals surface area contributed by atoms with Crippen molar-refractivity contribution in [2.45, 2.75) is 19.5 Å². The van der Waals surface area contributed by atoms with Crippen LogP contribution in [0, 0.1) is 0 Å². The van der Waals surface area contributed by atoms with Gasteiger partial charge in [-0.05, 0) is 18.6 Å². The Hall–Kier alpha value is -1.10. The number of piperazine rings is 1. The summed E-state index contributed by atoms with van der Waals surface area (Å²) in [4.78, 5) is 24.8. The third-order valence-electron chi connectivity index (χ3n) is 2.86. The first-order valence-electron chi connectivity index (χ1n) is 5.51. The Morgan fingerprint density at radius 1 is 1.39 bits per heavy atom. The van der Waals surface area contributed by atoms with Crippen molar-refractivity contribution < 1.29 is 9.59 Å². The van der Waals surface area contributed by atoms with Crippen molar-refractivity contribution in [3.8, 4) is 0 Å². The zero-order valence-electron chi connectivity index (χ0n) is 9.74. The molecule has 6 heteroatoms. The number of amides is 2. The lowest BCUT2D eigenvalue weighted by atomic mass is 10.1. The van der Waals surface area contributed by atoms with Gasteiger partial charge in [-0.2, -0.15) is 0 Å². The van der Waals surface area contributed by atoms with Gasteiger partial charge in [0.2, 0.25) is 11.8 Å². The number of rotatable bonds is 2. The minimum atomic E-state index is -0.361. The van der Waals surface area contributed by atoms with E-state index in [9.17, 15) is 9.59 Å². The van der Waals surface area contributed by atoms with Crippen LogP contribution in [-0.4, -0.2) is 29.3 Å². The molecule has 1 aliphatic heterocycles. The van der Waals surface area contributed by atoms with Crippen LogP contribution in [0.1, 0.15) is 12.5 Å². The van der Waals surface area contributed by atoms with Crippen LogP contribution in [0.3, 0.4) is 0 Å². The fourth-order valence-corrected chi connectivity index (χ4v) is 2.17. The third-order valence-corrected chi connectivity index (χ3v) is 3.72. The lowest BCUT2D eigenvalue weighted by Crippen LogP contribution is -2.56. The molecule has 2 rings (SSSR count). The van der Waals surface area contributed by atoms with Crippen molar-refractivity contribution >= 4 is 35.0 Å². The smallest absolute Gasteiger partial charge is 0.246 e. The van der Waals surface area contributed by atoms with Crippen molar-refractivity contribution in [1.29, 1.82) is 0 Å². The van der Waals surface area contributed by atoms with Crippen LogP contribution >= 0.6 is 23.2 Å². The number of nitrogens with zero attached hydrogens (tertiary/aromatic N) is 1. The van der Waals surface area contributed by atoms with E-state index in [-0.39, 0.29) is 30.9 Å². The van der Waals surface area contributed by atoms with E-state index in [1.165, 1.54) is 4.90 Å². The van der Waals surface area contributed by atoms with Crippen LogP contribution in [0.25, 0.3) is 0 Å². The monoisotopic (exact) mass is 286 g/mol. The van der Waals surface area contributed by atoms with Gasteiger partial charge in [0, 0.05) is 0 Å². The highest BCUT2D eigenvalue weighted by Crippen LogP contribution is 2.26. The summed E-state index contributed by atoms with van der Waals surface area (Å²) in [6.07, 6.45) is 0. The first-order valence-corrected chi connectivity index (χ1v) is 6.26. The highest BCUT2D eigenvalue weighted by atomic mass is 35.5. The molecular weight excluding hydrogens is 275 g/mol. The number of benzene rings is 1. The maximum absolute atomic E-state index is 11.9. The minimum absolute atomic E-state index is 0.156. The number of carbonyl (C=O) groups excluding carboxylic acids is 2. The van der Waals surface area contributed by atoms with E-state index in [0.29, 0.717) is 15.6 Å². The van der Waals surface area contributed by atoms with Crippen LogP contribution in [0.5, 0.6) is 0 Å². The number of hydrogen-bond acceptors (Lipinski definition) is 3. The molecule has 4 nitrogen and oxygen atoms in total. The van der Waals surface area contributed by atoms with Gasteiger partial charge in [0.05, 0.1) is 29.2 Å². The molecule has 1 atom stereocenters. The van der Waals surface area contributed by atoms with Crippen LogP contribution in [0.4, 0.5) is 0 Å².